The summed E-state index contributed by atoms with van der Waals surface area (Å²) in [5.41, 5.74) is 4.52. The Hall–Kier alpha value is -1.30. The second-order valence-electron chi connectivity index (χ2n) is 5.55. The summed E-state index contributed by atoms with van der Waals surface area (Å²) in [6.45, 7) is 5.37. The molecule has 6 heteroatoms. The molecule has 0 aromatic rings. The van der Waals surface area contributed by atoms with Gasteiger partial charge in [-0.1, -0.05) is 6.42 Å². The molecule has 0 bridgehead atoms. The molecule has 2 amide bonds. The number of alkyl carbamates (subject to hydrolysis) is 1. The zero-order chi connectivity index (χ0) is 13.8. The van der Waals surface area contributed by atoms with Crippen LogP contribution in [0.2, 0.25) is 0 Å². The van der Waals surface area contributed by atoms with Gasteiger partial charge < -0.3 is 10.1 Å². The summed E-state index contributed by atoms with van der Waals surface area (Å²) in [5, 5.41) is 2.65. The van der Waals surface area contributed by atoms with E-state index in [1.807, 2.05) is 0 Å². The maximum Gasteiger partial charge on any atom is 0.408 e. The smallest absolute Gasteiger partial charge is 0.408 e. The molecular weight excluding hydrogens is 234 g/mol. The molecule has 3 N–H and O–H groups in total. The van der Waals surface area contributed by atoms with E-state index in [2.05, 4.69) is 16.2 Å². The van der Waals surface area contributed by atoms with Crippen LogP contribution in [0.15, 0.2) is 0 Å². The number of hydrazine groups is 1. The molecule has 0 radical (unpaired) electrons. The molecule has 0 aliphatic heterocycles. The number of nitrogens with one attached hydrogen (secondary N) is 3. The largest absolute Gasteiger partial charge is 0.444 e. The third-order valence-corrected chi connectivity index (χ3v) is 2.82. The van der Waals surface area contributed by atoms with Gasteiger partial charge >= 0.3 is 6.09 Å². The number of amides is 2. The quantitative estimate of drug-likeness (QED) is 0.655. The average molecular weight is 257 g/mol. The van der Waals surface area contributed by atoms with Crippen molar-refractivity contribution in [2.75, 3.05) is 7.05 Å². The third kappa shape index (κ3) is 4.52. The number of hydrogen-bond donors (Lipinski definition) is 3. The number of carbonyl (C=O) groups is 2. The van der Waals surface area contributed by atoms with Crippen molar-refractivity contribution >= 4 is 12.0 Å². The first-order valence-corrected chi connectivity index (χ1v) is 6.29. The van der Waals surface area contributed by atoms with E-state index in [9.17, 15) is 9.59 Å². The standard InChI is InChI=1S/C12H23N3O3/c1-12(2,3)18-11(17)14-9(8-6-5-7-8)10(16)15-13-4/h8-9,13H,5-7H2,1-4H3,(H,14,17)(H,15,16). The Balaban J connectivity index is 2.55. The second kappa shape index (κ2) is 6.04. The Labute approximate surface area is 108 Å². The van der Waals surface area contributed by atoms with Crippen LogP contribution >= 0.6 is 0 Å². The molecule has 0 spiro atoms. The van der Waals surface area contributed by atoms with E-state index in [4.69, 9.17) is 4.74 Å². The monoisotopic (exact) mass is 257 g/mol. The highest BCUT2D eigenvalue weighted by Crippen LogP contribution is 2.29. The van der Waals surface area contributed by atoms with Crippen molar-refractivity contribution in [3.05, 3.63) is 0 Å². The van der Waals surface area contributed by atoms with Gasteiger partial charge in [-0.15, -0.1) is 0 Å². The lowest BCUT2D eigenvalue weighted by Crippen LogP contribution is -2.55. The topological polar surface area (TPSA) is 79.5 Å². The molecule has 0 saturated heterocycles. The summed E-state index contributed by atoms with van der Waals surface area (Å²) in [4.78, 5) is 23.5. The summed E-state index contributed by atoms with van der Waals surface area (Å²) < 4.78 is 5.16. The molecule has 1 saturated carbocycles. The summed E-state index contributed by atoms with van der Waals surface area (Å²) in [6, 6.07) is -0.527. The Morgan fingerprint density at radius 2 is 1.89 bits per heavy atom. The lowest BCUT2D eigenvalue weighted by atomic mass is 9.79. The molecule has 1 fully saturated rings. The minimum absolute atomic E-state index is 0.200. The normalized spacial score (nSPS) is 17.6. The summed E-state index contributed by atoms with van der Waals surface area (Å²) in [5.74, 6) is -0.0288. The van der Waals surface area contributed by atoms with Gasteiger partial charge in [0.25, 0.3) is 5.91 Å². The van der Waals surface area contributed by atoms with Gasteiger partial charge in [0.15, 0.2) is 0 Å². The van der Waals surface area contributed by atoms with Gasteiger partial charge in [0.2, 0.25) is 0 Å². The number of rotatable bonds is 4. The van der Waals surface area contributed by atoms with E-state index >= 15 is 0 Å². The highest BCUT2D eigenvalue weighted by molar-refractivity contribution is 5.85. The van der Waals surface area contributed by atoms with Crippen LogP contribution in [-0.2, 0) is 9.53 Å². The fraction of sp³-hybridized carbons (Fsp3) is 0.833. The fourth-order valence-corrected chi connectivity index (χ4v) is 1.81. The maximum atomic E-state index is 11.8. The highest BCUT2D eigenvalue weighted by atomic mass is 16.6. The lowest BCUT2D eigenvalue weighted by molar-refractivity contribution is -0.126. The van der Waals surface area contributed by atoms with Crippen LogP contribution in [0.1, 0.15) is 40.0 Å². The van der Waals surface area contributed by atoms with Crippen molar-refractivity contribution in [2.24, 2.45) is 5.92 Å². The highest BCUT2D eigenvalue weighted by Gasteiger charge is 2.34. The summed E-state index contributed by atoms with van der Waals surface area (Å²) in [7, 11) is 1.61. The van der Waals surface area contributed by atoms with Crippen molar-refractivity contribution < 1.29 is 14.3 Å². The number of hydrogen-bond acceptors (Lipinski definition) is 4. The molecule has 1 rings (SSSR count). The van der Waals surface area contributed by atoms with E-state index in [1.54, 1.807) is 27.8 Å². The van der Waals surface area contributed by atoms with E-state index in [1.165, 1.54) is 0 Å². The second-order valence-corrected chi connectivity index (χ2v) is 5.55. The number of ether oxygens (including phenoxy) is 1. The molecular formula is C12H23N3O3. The third-order valence-electron chi connectivity index (χ3n) is 2.82. The van der Waals surface area contributed by atoms with Gasteiger partial charge in [0.05, 0.1) is 0 Å². The van der Waals surface area contributed by atoms with Gasteiger partial charge in [0, 0.05) is 7.05 Å². The molecule has 0 aromatic heterocycles. The van der Waals surface area contributed by atoms with Crippen molar-refractivity contribution in [1.82, 2.24) is 16.2 Å². The van der Waals surface area contributed by atoms with Crippen molar-refractivity contribution in [2.45, 2.75) is 51.7 Å². The Morgan fingerprint density at radius 3 is 2.28 bits per heavy atom. The van der Waals surface area contributed by atoms with Crippen molar-refractivity contribution in [1.29, 1.82) is 0 Å². The predicted molar refractivity (Wildman–Crippen MR) is 67.7 cm³/mol. The summed E-state index contributed by atoms with van der Waals surface area (Å²) >= 11 is 0. The average Bonchev–Trinajstić information content (AvgIpc) is 2.11. The molecule has 6 nitrogen and oxygen atoms in total. The molecule has 1 atom stereocenters. The lowest BCUT2D eigenvalue weighted by Gasteiger charge is -2.33. The molecule has 1 aliphatic rings. The Bertz CT molecular complexity index is 308. The molecule has 18 heavy (non-hydrogen) atoms. The molecule has 1 aliphatic carbocycles. The van der Waals surface area contributed by atoms with E-state index in [0.717, 1.165) is 19.3 Å². The van der Waals surface area contributed by atoms with Crippen LogP contribution in [0.4, 0.5) is 4.79 Å². The number of carbonyl (C=O) groups excluding carboxylic acids is 2. The van der Waals surface area contributed by atoms with Crippen LogP contribution in [0, 0.1) is 5.92 Å². The molecule has 1 unspecified atom stereocenters. The van der Waals surface area contributed by atoms with Crippen molar-refractivity contribution in [3.8, 4) is 0 Å². The van der Waals surface area contributed by atoms with E-state index in [0.29, 0.717) is 0 Å². The van der Waals surface area contributed by atoms with Crippen LogP contribution in [0.5, 0.6) is 0 Å². The first-order chi connectivity index (χ1) is 8.33. The molecule has 0 aromatic carbocycles. The Morgan fingerprint density at radius 1 is 1.28 bits per heavy atom. The van der Waals surface area contributed by atoms with Gasteiger partial charge in [0.1, 0.15) is 11.6 Å². The zero-order valence-corrected chi connectivity index (χ0v) is 11.5. The first-order valence-electron chi connectivity index (χ1n) is 6.29. The fourth-order valence-electron chi connectivity index (χ4n) is 1.81. The van der Waals surface area contributed by atoms with Crippen LogP contribution < -0.4 is 16.2 Å². The van der Waals surface area contributed by atoms with Crippen LogP contribution in [0.25, 0.3) is 0 Å². The minimum Gasteiger partial charge on any atom is -0.444 e. The minimum atomic E-state index is -0.562. The molecule has 104 valence electrons. The van der Waals surface area contributed by atoms with Gasteiger partial charge in [-0.05, 0) is 39.5 Å². The Kier molecular flexibility index (Phi) is 4.95. The summed E-state index contributed by atoms with van der Waals surface area (Å²) in [6.07, 6.45) is 2.46. The first kappa shape index (κ1) is 14.8. The maximum absolute atomic E-state index is 11.8. The van der Waals surface area contributed by atoms with E-state index in [-0.39, 0.29) is 11.8 Å². The van der Waals surface area contributed by atoms with Crippen molar-refractivity contribution in [3.63, 3.8) is 0 Å². The van der Waals surface area contributed by atoms with Gasteiger partial charge in [-0.3, -0.25) is 10.2 Å². The van der Waals surface area contributed by atoms with Crippen LogP contribution in [-0.4, -0.2) is 30.7 Å². The predicted octanol–water partition coefficient (Wildman–Crippen LogP) is 0.930. The molecule has 0 heterocycles. The van der Waals surface area contributed by atoms with Gasteiger partial charge in [-0.25, -0.2) is 10.2 Å². The SMILES string of the molecule is CNNC(=O)C(NC(=O)OC(C)(C)C)C1CCC1. The van der Waals surface area contributed by atoms with Crippen LogP contribution in [0.3, 0.4) is 0 Å². The zero-order valence-electron chi connectivity index (χ0n) is 11.5. The van der Waals surface area contributed by atoms with E-state index < -0.39 is 17.7 Å². The van der Waals surface area contributed by atoms with Gasteiger partial charge in [-0.2, -0.15) is 0 Å².